The number of benzene rings is 3. The van der Waals surface area contributed by atoms with E-state index in [-0.39, 0.29) is 11.8 Å². The van der Waals surface area contributed by atoms with Crippen molar-refractivity contribution < 1.29 is 23.9 Å². The SMILES string of the molecule is COC(=O)c1ccc2c(C(=Nc3ccc(N(C)C(=O)CN4CC[N+](C)(C)CC4)cc3)c3ccccc3)c(O)[nH]c2c1. The number of carbonyl (C=O) groups is 2. The van der Waals surface area contributed by atoms with E-state index in [1.807, 2.05) is 54.6 Å². The predicted molar refractivity (Wildman–Crippen MR) is 161 cm³/mol. The lowest BCUT2D eigenvalue weighted by atomic mass is 10.00. The maximum atomic E-state index is 13.0. The topological polar surface area (TPSA) is 98.2 Å². The monoisotopic (exact) mass is 554 g/mol. The van der Waals surface area contributed by atoms with E-state index in [0.717, 1.165) is 47.3 Å². The van der Waals surface area contributed by atoms with Crippen LogP contribution in [0.3, 0.4) is 0 Å². The summed E-state index contributed by atoms with van der Waals surface area (Å²) in [5, 5.41) is 11.7. The van der Waals surface area contributed by atoms with E-state index >= 15 is 0 Å². The van der Waals surface area contributed by atoms with E-state index in [9.17, 15) is 14.7 Å². The van der Waals surface area contributed by atoms with E-state index in [4.69, 9.17) is 9.73 Å². The molecular weight excluding hydrogens is 518 g/mol. The summed E-state index contributed by atoms with van der Waals surface area (Å²) in [5.74, 6) is -0.456. The number of anilines is 1. The van der Waals surface area contributed by atoms with Crippen molar-refractivity contribution in [3.8, 4) is 5.88 Å². The molecule has 41 heavy (non-hydrogen) atoms. The highest BCUT2D eigenvalue weighted by Gasteiger charge is 2.26. The fraction of sp³-hybridized carbons (Fsp3) is 0.281. The fourth-order valence-electron chi connectivity index (χ4n) is 5.06. The number of aromatic hydroxyl groups is 1. The standard InChI is InChI=1S/C32H35N5O4/c1-35(28(38)21-36-16-18-37(2,3)19-17-36)25-13-11-24(12-14-25)33-30(22-8-6-5-7-9-22)29-26-15-10-23(32(40)41-4)20-27(26)34-31(29)39/h5-15,20H,16-19,21H2,1-4H3,(H-,33,34,39,40)/p+1. The third kappa shape index (κ3) is 6.16. The van der Waals surface area contributed by atoms with E-state index in [1.54, 1.807) is 30.1 Å². The molecule has 2 heterocycles. The van der Waals surface area contributed by atoms with Crippen LogP contribution in [0.2, 0.25) is 0 Å². The first-order valence-corrected chi connectivity index (χ1v) is 13.6. The van der Waals surface area contributed by atoms with Gasteiger partial charge in [0.05, 0.1) is 63.4 Å². The van der Waals surface area contributed by atoms with E-state index in [2.05, 4.69) is 24.0 Å². The third-order valence-corrected chi connectivity index (χ3v) is 7.74. The average molecular weight is 555 g/mol. The Kier molecular flexibility index (Phi) is 7.92. The molecule has 5 rings (SSSR count). The highest BCUT2D eigenvalue weighted by atomic mass is 16.5. The molecular formula is C32H36N5O4+. The molecule has 9 heteroatoms. The molecule has 2 N–H and O–H groups in total. The van der Waals surface area contributed by atoms with Gasteiger partial charge in [0.15, 0.2) is 5.88 Å². The minimum atomic E-state index is -0.456. The van der Waals surface area contributed by atoms with Crippen LogP contribution in [-0.2, 0) is 9.53 Å². The van der Waals surface area contributed by atoms with Crippen LogP contribution in [0.25, 0.3) is 10.9 Å². The molecule has 212 valence electrons. The summed E-state index contributed by atoms with van der Waals surface area (Å²) >= 11 is 0. The zero-order chi connectivity index (χ0) is 29.1. The third-order valence-electron chi connectivity index (χ3n) is 7.74. The van der Waals surface area contributed by atoms with E-state index < -0.39 is 5.97 Å². The van der Waals surface area contributed by atoms with Crippen molar-refractivity contribution >= 4 is 39.9 Å². The molecule has 1 amide bonds. The largest absolute Gasteiger partial charge is 0.494 e. The van der Waals surface area contributed by atoms with Gasteiger partial charge in [-0.2, -0.15) is 0 Å². The summed E-state index contributed by atoms with van der Waals surface area (Å²) in [6, 6.07) is 22.2. The molecule has 0 atom stereocenters. The Hall–Kier alpha value is -4.47. The number of aliphatic imine (C=N–C) groups is 1. The number of rotatable bonds is 7. The number of nitrogens with zero attached hydrogens (tertiary/aromatic N) is 4. The van der Waals surface area contributed by atoms with Crippen LogP contribution >= 0.6 is 0 Å². The number of hydrogen-bond donors (Lipinski definition) is 2. The van der Waals surface area contributed by atoms with E-state index in [0.29, 0.717) is 34.6 Å². The number of amides is 1. The second kappa shape index (κ2) is 11.6. The maximum absolute atomic E-state index is 13.0. The van der Waals surface area contributed by atoms with Crippen molar-refractivity contribution in [1.82, 2.24) is 9.88 Å². The van der Waals surface area contributed by atoms with Crippen molar-refractivity contribution in [2.24, 2.45) is 4.99 Å². The summed E-state index contributed by atoms with van der Waals surface area (Å²) in [4.78, 5) is 36.9. The van der Waals surface area contributed by atoms with Crippen molar-refractivity contribution in [2.75, 3.05) is 65.9 Å². The lowest BCUT2D eigenvalue weighted by molar-refractivity contribution is -0.894. The Balaban J connectivity index is 1.42. The molecule has 3 aromatic carbocycles. The van der Waals surface area contributed by atoms with Gasteiger partial charge in [0, 0.05) is 42.3 Å². The Labute approximate surface area is 239 Å². The molecule has 1 saturated heterocycles. The minimum Gasteiger partial charge on any atom is -0.494 e. The van der Waals surface area contributed by atoms with Crippen molar-refractivity contribution in [1.29, 1.82) is 0 Å². The summed E-state index contributed by atoms with van der Waals surface area (Å²) in [6.45, 7) is 4.28. The second-order valence-electron chi connectivity index (χ2n) is 11.1. The Morgan fingerprint density at radius 3 is 2.34 bits per heavy atom. The first-order chi connectivity index (χ1) is 19.6. The number of likely N-dealkylation sites (N-methyl/N-ethyl adjacent to an activating group) is 2. The lowest BCUT2D eigenvalue weighted by Crippen LogP contribution is -2.56. The fourth-order valence-corrected chi connectivity index (χ4v) is 5.06. The Morgan fingerprint density at radius 1 is 1.00 bits per heavy atom. The van der Waals surface area contributed by atoms with Crippen molar-refractivity contribution in [2.45, 2.75) is 0 Å². The molecule has 0 aliphatic carbocycles. The van der Waals surface area contributed by atoms with Crippen LogP contribution in [0.4, 0.5) is 11.4 Å². The quantitative estimate of drug-likeness (QED) is 0.203. The van der Waals surface area contributed by atoms with Crippen LogP contribution in [0.5, 0.6) is 5.88 Å². The van der Waals surface area contributed by atoms with Gasteiger partial charge in [0.25, 0.3) is 0 Å². The number of piperazine rings is 1. The molecule has 0 spiro atoms. The number of methoxy groups -OCH3 is 1. The number of nitrogens with one attached hydrogen (secondary N) is 1. The van der Waals surface area contributed by atoms with E-state index in [1.165, 1.54) is 7.11 Å². The molecule has 0 saturated carbocycles. The van der Waals surface area contributed by atoms with Crippen LogP contribution in [0, 0.1) is 0 Å². The first kappa shape index (κ1) is 28.1. The minimum absolute atomic E-state index is 0.0495. The molecule has 1 aliphatic heterocycles. The van der Waals surface area contributed by atoms with Gasteiger partial charge in [0.2, 0.25) is 5.91 Å². The van der Waals surface area contributed by atoms with Gasteiger partial charge in [-0.05, 0) is 36.4 Å². The number of carbonyl (C=O) groups excluding carboxylic acids is 2. The summed E-state index contributed by atoms with van der Waals surface area (Å²) in [5.41, 5.74) is 4.35. The van der Waals surface area contributed by atoms with Crippen molar-refractivity contribution in [3.05, 3.63) is 89.5 Å². The smallest absolute Gasteiger partial charge is 0.337 e. The molecule has 1 fully saturated rings. The normalized spacial score (nSPS) is 15.6. The molecule has 1 aromatic heterocycles. The molecule has 4 aromatic rings. The van der Waals surface area contributed by atoms with Crippen molar-refractivity contribution in [3.63, 3.8) is 0 Å². The molecule has 0 unspecified atom stereocenters. The zero-order valence-electron chi connectivity index (χ0n) is 23.9. The lowest BCUT2D eigenvalue weighted by Gasteiger charge is -2.39. The first-order valence-electron chi connectivity index (χ1n) is 13.6. The number of ether oxygens (including phenoxy) is 1. The van der Waals surface area contributed by atoms with Crippen LogP contribution in [0.1, 0.15) is 21.5 Å². The van der Waals surface area contributed by atoms with Gasteiger partial charge in [-0.15, -0.1) is 0 Å². The highest BCUT2D eigenvalue weighted by molar-refractivity contribution is 6.22. The van der Waals surface area contributed by atoms with Gasteiger partial charge >= 0.3 is 5.97 Å². The molecule has 0 radical (unpaired) electrons. The number of fused-ring (bicyclic) bond motifs is 1. The predicted octanol–water partition coefficient (Wildman–Crippen LogP) is 4.18. The van der Waals surface area contributed by atoms with Gasteiger partial charge in [0.1, 0.15) is 0 Å². The van der Waals surface area contributed by atoms with Gasteiger partial charge < -0.3 is 24.2 Å². The van der Waals surface area contributed by atoms with Gasteiger partial charge in [-0.1, -0.05) is 36.4 Å². The number of aromatic nitrogens is 1. The average Bonchev–Trinajstić information content (AvgIpc) is 3.31. The van der Waals surface area contributed by atoms with Gasteiger partial charge in [-0.25, -0.2) is 9.79 Å². The summed E-state index contributed by atoms with van der Waals surface area (Å²) < 4.78 is 5.82. The number of aromatic amines is 1. The Bertz CT molecular complexity index is 1580. The summed E-state index contributed by atoms with van der Waals surface area (Å²) in [7, 11) is 7.57. The highest BCUT2D eigenvalue weighted by Crippen LogP contribution is 2.32. The van der Waals surface area contributed by atoms with Crippen LogP contribution in [-0.4, -0.2) is 98.0 Å². The van der Waals surface area contributed by atoms with Crippen LogP contribution < -0.4 is 4.90 Å². The molecule has 1 aliphatic rings. The maximum Gasteiger partial charge on any atom is 0.337 e. The summed E-state index contributed by atoms with van der Waals surface area (Å²) in [6.07, 6.45) is 0. The molecule has 9 nitrogen and oxygen atoms in total. The van der Waals surface area contributed by atoms with Gasteiger partial charge in [-0.3, -0.25) is 9.69 Å². The second-order valence-corrected chi connectivity index (χ2v) is 11.1. The number of quaternary nitrogens is 1. The number of hydrogen-bond acceptors (Lipinski definition) is 6. The molecule has 0 bridgehead atoms. The number of esters is 1. The van der Waals surface area contributed by atoms with Crippen LogP contribution in [0.15, 0.2) is 77.8 Å². The Morgan fingerprint density at radius 2 is 1.68 bits per heavy atom. The number of H-pyrrole nitrogens is 1. The zero-order valence-corrected chi connectivity index (χ0v) is 23.9.